The number of aryl methyl sites for hydroxylation is 1. The number of sulfone groups is 1. The van der Waals surface area contributed by atoms with Gasteiger partial charge in [-0.1, -0.05) is 12.1 Å². The van der Waals surface area contributed by atoms with Gasteiger partial charge in [-0.3, -0.25) is 0 Å². The molecule has 0 aliphatic rings. The average molecular weight is 262 g/mol. The minimum Gasteiger partial charge on any atom is -0.384 e. The zero-order chi connectivity index (χ0) is 13.3. The van der Waals surface area contributed by atoms with Crippen molar-refractivity contribution >= 4 is 15.7 Å². The van der Waals surface area contributed by atoms with Crippen molar-refractivity contribution in [3.63, 3.8) is 0 Å². The van der Waals surface area contributed by atoms with Gasteiger partial charge >= 0.3 is 0 Å². The Hall–Kier alpha value is -1.88. The molecule has 0 aliphatic carbocycles. The Kier molecular flexibility index (Phi) is 3.09. The molecule has 0 saturated heterocycles. The fraction of sp³-hybridized carbons (Fsp3) is 0.154. The van der Waals surface area contributed by atoms with Crippen LogP contribution in [-0.2, 0) is 9.84 Å². The summed E-state index contributed by atoms with van der Waals surface area (Å²) < 4.78 is 22.7. The lowest BCUT2D eigenvalue weighted by molar-refractivity contribution is 0.602. The molecule has 0 amide bonds. The molecule has 1 aromatic heterocycles. The summed E-state index contributed by atoms with van der Waals surface area (Å²) in [6.45, 7) is 1.87. The summed E-state index contributed by atoms with van der Waals surface area (Å²) in [5.74, 6) is 0.476. The highest BCUT2D eigenvalue weighted by atomic mass is 32.2. The van der Waals surface area contributed by atoms with Gasteiger partial charge in [-0.25, -0.2) is 13.4 Å². The minimum atomic E-state index is -3.15. The van der Waals surface area contributed by atoms with Crippen LogP contribution in [0.3, 0.4) is 0 Å². The van der Waals surface area contributed by atoms with Gasteiger partial charge in [0.05, 0.1) is 4.90 Å². The van der Waals surface area contributed by atoms with Crippen molar-refractivity contribution in [1.29, 1.82) is 0 Å². The molecule has 2 aromatic rings. The van der Waals surface area contributed by atoms with Crippen molar-refractivity contribution in [3.05, 3.63) is 42.1 Å². The summed E-state index contributed by atoms with van der Waals surface area (Å²) in [5, 5.41) is 0. The number of hydrogen-bond acceptors (Lipinski definition) is 4. The number of aromatic nitrogens is 1. The monoisotopic (exact) mass is 262 g/mol. The molecule has 0 radical (unpaired) electrons. The molecule has 0 saturated carbocycles. The summed E-state index contributed by atoms with van der Waals surface area (Å²) in [6.07, 6.45) is 1.19. The van der Waals surface area contributed by atoms with Crippen molar-refractivity contribution in [2.75, 3.05) is 12.0 Å². The van der Waals surface area contributed by atoms with Crippen LogP contribution in [0.15, 0.2) is 41.3 Å². The predicted octanol–water partition coefficient (Wildman–Crippen LogP) is 2.04. The van der Waals surface area contributed by atoms with Crippen LogP contribution in [0, 0.1) is 6.92 Å². The molecule has 1 aromatic carbocycles. The molecule has 0 aliphatic heterocycles. The van der Waals surface area contributed by atoms with Crippen molar-refractivity contribution in [2.45, 2.75) is 11.8 Å². The highest BCUT2D eigenvalue weighted by molar-refractivity contribution is 7.90. The lowest BCUT2D eigenvalue weighted by atomic mass is 10.0. The van der Waals surface area contributed by atoms with E-state index in [0.717, 1.165) is 16.8 Å². The number of nitrogens with two attached hydrogens (primary N) is 1. The molecule has 1 heterocycles. The third-order valence-corrected chi connectivity index (χ3v) is 3.83. The van der Waals surface area contributed by atoms with Gasteiger partial charge in [-0.15, -0.1) is 0 Å². The highest BCUT2D eigenvalue weighted by Gasteiger charge is 2.08. The number of rotatable bonds is 2. The van der Waals surface area contributed by atoms with Crippen molar-refractivity contribution in [3.8, 4) is 11.1 Å². The number of benzene rings is 1. The molecule has 2 rings (SSSR count). The fourth-order valence-corrected chi connectivity index (χ4v) is 2.40. The largest absolute Gasteiger partial charge is 0.384 e. The number of anilines is 1. The highest BCUT2D eigenvalue weighted by Crippen LogP contribution is 2.24. The molecule has 5 heteroatoms. The Balaban J connectivity index is 2.47. The summed E-state index contributed by atoms with van der Waals surface area (Å²) in [4.78, 5) is 4.49. The third-order valence-electron chi connectivity index (χ3n) is 2.70. The summed E-state index contributed by atoms with van der Waals surface area (Å²) in [6, 6.07) is 10.4. The van der Waals surface area contributed by atoms with Gasteiger partial charge in [0.1, 0.15) is 5.82 Å². The first-order valence-electron chi connectivity index (χ1n) is 5.41. The number of pyridine rings is 1. The van der Waals surface area contributed by atoms with E-state index in [1.807, 2.05) is 13.0 Å². The normalized spacial score (nSPS) is 11.4. The van der Waals surface area contributed by atoms with Crippen LogP contribution in [0.5, 0.6) is 0 Å². The van der Waals surface area contributed by atoms with Crippen LogP contribution in [0.2, 0.25) is 0 Å². The van der Waals surface area contributed by atoms with Crippen LogP contribution in [-0.4, -0.2) is 19.7 Å². The Morgan fingerprint density at radius 2 is 1.67 bits per heavy atom. The zero-order valence-corrected chi connectivity index (χ0v) is 11.0. The molecular formula is C13H14N2O2S. The van der Waals surface area contributed by atoms with E-state index in [9.17, 15) is 8.42 Å². The second-order valence-corrected chi connectivity index (χ2v) is 6.18. The van der Waals surface area contributed by atoms with E-state index in [1.165, 1.54) is 6.26 Å². The van der Waals surface area contributed by atoms with E-state index in [2.05, 4.69) is 4.98 Å². The van der Waals surface area contributed by atoms with Crippen molar-refractivity contribution in [1.82, 2.24) is 4.98 Å². The van der Waals surface area contributed by atoms with Gasteiger partial charge in [-0.05, 0) is 36.8 Å². The minimum absolute atomic E-state index is 0.312. The smallest absolute Gasteiger partial charge is 0.175 e. The Labute approximate surface area is 106 Å². The van der Waals surface area contributed by atoms with Gasteiger partial charge in [0, 0.05) is 17.5 Å². The molecule has 4 nitrogen and oxygen atoms in total. The Bertz CT molecular complexity index is 677. The number of nitrogens with zero attached hydrogens (tertiary/aromatic N) is 1. The maximum Gasteiger partial charge on any atom is 0.175 e. The Morgan fingerprint density at radius 1 is 1.06 bits per heavy atom. The molecule has 0 atom stereocenters. The van der Waals surface area contributed by atoms with Gasteiger partial charge in [0.2, 0.25) is 0 Å². The first kappa shape index (κ1) is 12.6. The second-order valence-electron chi connectivity index (χ2n) is 4.17. The van der Waals surface area contributed by atoms with Crippen molar-refractivity contribution < 1.29 is 8.42 Å². The lowest BCUT2D eigenvalue weighted by Crippen LogP contribution is -1.97. The van der Waals surface area contributed by atoms with Gasteiger partial charge in [-0.2, -0.15) is 0 Å². The molecule has 0 bridgehead atoms. The summed E-state index contributed by atoms with van der Waals surface area (Å²) in [5.41, 5.74) is 8.29. The second kappa shape index (κ2) is 4.42. The fourth-order valence-electron chi connectivity index (χ4n) is 1.77. The maximum absolute atomic E-state index is 11.4. The van der Waals surface area contributed by atoms with Crippen LogP contribution in [0.4, 0.5) is 5.82 Å². The van der Waals surface area contributed by atoms with E-state index in [0.29, 0.717) is 10.7 Å². The third kappa shape index (κ3) is 2.51. The van der Waals surface area contributed by atoms with Gasteiger partial charge in [0.25, 0.3) is 0 Å². The molecule has 0 fully saturated rings. The average Bonchev–Trinajstić information content (AvgIpc) is 2.28. The standard InChI is InChI=1S/C13H14N2O2S/c1-9-12(7-8-13(14)15-9)10-3-5-11(6-4-10)18(2,16)17/h3-8H,1-2H3,(H2,14,15). The molecule has 18 heavy (non-hydrogen) atoms. The van der Waals surface area contributed by atoms with Crippen LogP contribution >= 0.6 is 0 Å². The van der Waals surface area contributed by atoms with Crippen molar-refractivity contribution in [2.24, 2.45) is 0 Å². The van der Waals surface area contributed by atoms with E-state index in [1.54, 1.807) is 30.3 Å². The molecule has 2 N–H and O–H groups in total. The molecule has 0 spiro atoms. The SMILES string of the molecule is Cc1nc(N)ccc1-c1ccc(S(C)(=O)=O)cc1. The predicted molar refractivity (Wildman–Crippen MR) is 71.9 cm³/mol. The topological polar surface area (TPSA) is 73.0 Å². The quantitative estimate of drug-likeness (QED) is 0.899. The van der Waals surface area contributed by atoms with Crippen LogP contribution in [0.1, 0.15) is 5.69 Å². The lowest BCUT2D eigenvalue weighted by Gasteiger charge is -2.07. The first-order chi connectivity index (χ1) is 8.38. The number of hydrogen-bond donors (Lipinski definition) is 1. The van der Waals surface area contributed by atoms with Crippen LogP contribution in [0.25, 0.3) is 11.1 Å². The van der Waals surface area contributed by atoms with Gasteiger partial charge in [0.15, 0.2) is 9.84 Å². The number of nitrogen functional groups attached to an aromatic ring is 1. The van der Waals surface area contributed by atoms with E-state index < -0.39 is 9.84 Å². The van der Waals surface area contributed by atoms with Crippen LogP contribution < -0.4 is 5.73 Å². The summed E-state index contributed by atoms with van der Waals surface area (Å²) >= 11 is 0. The van der Waals surface area contributed by atoms with E-state index in [-0.39, 0.29) is 0 Å². The molecule has 94 valence electrons. The maximum atomic E-state index is 11.4. The van der Waals surface area contributed by atoms with E-state index >= 15 is 0 Å². The Morgan fingerprint density at radius 3 is 2.17 bits per heavy atom. The van der Waals surface area contributed by atoms with E-state index in [4.69, 9.17) is 5.73 Å². The van der Waals surface area contributed by atoms with Gasteiger partial charge < -0.3 is 5.73 Å². The molecular weight excluding hydrogens is 248 g/mol. The summed E-state index contributed by atoms with van der Waals surface area (Å²) in [7, 11) is -3.15. The first-order valence-corrected chi connectivity index (χ1v) is 7.31. The zero-order valence-electron chi connectivity index (χ0n) is 10.2. The molecule has 0 unspecified atom stereocenters.